The number of fused-ring (bicyclic) bond motifs is 2. The van der Waals surface area contributed by atoms with Crippen LogP contribution >= 0.6 is 0 Å². The maximum absolute atomic E-state index is 12.9. The molecule has 5 fully saturated rings. The van der Waals surface area contributed by atoms with Gasteiger partial charge in [0, 0.05) is 12.3 Å². The van der Waals surface area contributed by atoms with Crippen LogP contribution in [0.25, 0.3) is 0 Å². The standard InChI is InChI=1S/C31H50O3/c1-19(2)21-10-15-29(7)26-24(33-25(32)12-13-27(21,26)5)18-23-22(11-14-28(23,29)6)31(9)17-16-30(8,34-31)20(3)4/h20-24,26H,1,10-18H2,2-9H3. The fourth-order valence-electron chi connectivity index (χ4n) is 10.5. The molecule has 5 rings (SSSR count). The first-order valence-electron chi connectivity index (χ1n) is 14.3. The lowest BCUT2D eigenvalue weighted by molar-refractivity contribution is -0.225. The monoisotopic (exact) mass is 470 g/mol. The molecule has 192 valence electrons. The number of hydrogen-bond donors (Lipinski definition) is 0. The van der Waals surface area contributed by atoms with Crippen LogP contribution in [0.5, 0.6) is 0 Å². The number of carbonyl (C=O) groups excluding carboxylic acids is 1. The molecule has 0 aromatic carbocycles. The van der Waals surface area contributed by atoms with E-state index in [1.54, 1.807) is 0 Å². The molecule has 0 radical (unpaired) electrons. The van der Waals surface area contributed by atoms with Crippen LogP contribution in [0.3, 0.4) is 0 Å². The van der Waals surface area contributed by atoms with Crippen LogP contribution in [-0.2, 0) is 14.3 Å². The van der Waals surface area contributed by atoms with Crippen molar-refractivity contribution in [1.82, 2.24) is 0 Å². The molecule has 0 aromatic heterocycles. The van der Waals surface area contributed by atoms with Gasteiger partial charge < -0.3 is 9.47 Å². The third kappa shape index (κ3) is 3.13. The molecule has 0 spiro atoms. The van der Waals surface area contributed by atoms with Crippen molar-refractivity contribution in [2.75, 3.05) is 0 Å². The van der Waals surface area contributed by atoms with Crippen LogP contribution in [0.2, 0.25) is 0 Å². The first-order chi connectivity index (χ1) is 15.7. The van der Waals surface area contributed by atoms with E-state index in [1.165, 1.54) is 31.3 Å². The van der Waals surface area contributed by atoms with Crippen molar-refractivity contribution in [3.05, 3.63) is 12.2 Å². The van der Waals surface area contributed by atoms with E-state index in [0.717, 1.165) is 25.7 Å². The summed E-state index contributed by atoms with van der Waals surface area (Å²) in [6.07, 6.45) is 9.80. The van der Waals surface area contributed by atoms with Crippen LogP contribution in [-0.4, -0.2) is 23.3 Å². The number of allylic oxidation sites excluding steroid dienone is 1. The topological polar surface area (TPSA) is 35.5 Å². The molecular formula is C31H50O3. The normalized spacial score (nSPS) is 54.9. The number of carbonyl (C=O) groups is 1. The fraction of sp³-hybridized carbons (Fsp3) is 0.903. The first kappa shape index (κ1) is 24.8. The molecule has 0 aromatic rings. The van der Waals surface area contributed by atoms with Gasteiger partial charge in [0.15, 0.2) is 0 Å². The van der Waals surface area contributed by atoms with Gasteiger partial charge in [0.25, 0.3) is 0 Å². The van der Waals surface area contributed by atoms with E-state index in [2.05, 4.69) is 62.0 Å². The zero-order chi connectivity index (χ0) is 24.9. The average molecular weight is 471 g/mol. The molecule has 2 aliphatic heterocycles. The van der Waals surface area contributed by atoms with E-state index < -0.39 is 0 Å². The Morgan fingerprint density at radius 3 is 2.24 bits per heavy atom. The second-order valence-electron chi connectivity index (χ2n) is 14.7. The predicted molar refractivity (Wildman–Crippen MR) is 137 cm³/mol. The molecule has 0 amide bonds. The number of rotatable bonds is 3. The molecule has 3 nitrogen and oxygen atoms in total. The molecular weight excluding hydrogens is 420 g/mol. The molecule has 0 bridgehead atoms. The van der Waals surface area contributed by atoms with E-state index in [9.17, 15) is 4.79 Å². The molecule has 3 saturated carbocycles. The van der Waals surface area contributed by atoms with Crippen LogP contribution in [0, 0.1) is 45.8 Å². The zero-order valence-electron chi connectivity index (χ0n) is 23.3. The average Bonchev–Trinajstić information content (AvgIpc) is 3.21. The van der Waals surface area contributed by atoms with Gasteiger partial charge in [-0.05, 0) is 112 Å². The number of ether oxygens (including phenoxy) is 2. The molecule has 34 heavy (non-hydrogen) atoms. The summed E-state index contributed by atoms with van der Waals surface area (Å²) in [6, 6.07) is 0. The van der Waals surface area contributed by atoms with Crippen molar-refractivity contribution >= 4 is 5.97 Å². The van der Waals surface area contributed by atoms with Gasteiger partial charge >= 0.3 is 5.97 Å². The van der Waals surface area contributed by atoms with Crippen LogP contribution in [0.15, 0.2) is 12.2 Å². The highest BCUT2D eigenvalue weighted by Crippen LogP contribution is 2.75. The quantitative estimate of drug-likeness (QED) is 0.313. The van der Waals surface area contributed by atoms with Crippen LogP contribution < -0.4 is 0 Å². The van der Waals surface area contributed by atoms with Crippen molar-refractivity contribution in [2.45, 2.75) is 130 Å². The minimum atomic E-state index is -0.0718. The smallest absolute Gasteiger partial charge is 0.306 e. The van der Waals surface area contributed by atoms with E-state index in [-0.39, 0.29) is 39.5 Å². The Labute approximate surface area is 208 Å². The van der Waals surface area contributed by atoms with Gasteiger partial charge in [-0.1, -0.05) is 46.8 Å². The molecule has 0 N–H and O–H groups in total. The molecule has 2 heterocycles. The van der Waals surface area contributed by atoms with Gasteiger partial charge in [0.2, 0.25) is 0 Å². The lowest BCUT2D eigenvalue weighted by Gasteiger charge is -2.67. The van der Waals surface area contributed by atoms with E-state index in [1.807, 2.05) is 0 Å². The van der Waals surface area contributed by atoms with E-state index in [4.69, 9.17) is 9.47 Å². The van der Waals surface area contributed by atoms with Crippen molar-refractivity contribution < 1.29 is 14.3 Å². The van der Waals surface area contributed by atoms with Crippen LogP contribution in [0.1, 0.15) is 113 Å². The highest BCUT2D eigenvalue weighted by atomic mass is 16.5. The molecule has 3 aliphatic carbocycles. The first-order valence-corrected chi connectivity index (χ1v) is 14.3. The van der Waals surface area contributed by atoms with Crippen molar-refractivity contribution in [1.29, 1.82) is 0 Å². The maximum Gasteiger partial charge on any atom is 0.306 e. The second-order valence-corrected chi connectivity index (χ2v) is 14.7. The second kappa shape index (κ2) is 7.59. The maximum atomic E-state index is 12.9. The Morgan fingerprint density at radius 2 is 1.62 bits per heavy atom. The van der Waals surface area contributed by atoms with Gasteiger partial charge in [-0.25, -0.2) is 0 Å². The van der Waals surface area contributed by atoms with E-state index >= 15 is 0 Å². The number of esters is 1. The summed E-state index contributed by atoms with van der Waals surface area (Å²) < 4.78 is 13.4. The Balaban J connectivity index is 1.55. The van der Waals surface area contributed by atoms with E-state index in [0.29, 0.717) is 36.0 Å². The Hall–Kier alpha value is -0.830. The summed E-state index contributed by atoms with van der Waals surface area (Å²) in [7, 11) is 0. The zero-order valence-corrected chi connectivity index (χ0v) is 23.3. The summed E-state index contributed by atoms with van der Waals surface area (Å²) in [5.41, 5.74) is 1.73. The van der Waals surface area contributed by atoms with Crippen LogP contribution in [0.4, 0.5) is 0 Å². The summed E-state index contributed by atoms with van der Waals surface area (Å²) >= 11 is 0. The fourth-order valence-corrected chi connectivity index (χ4v) is 10.5. The summed E-state index contributed by atoms with van der Waals surface area (Å²) in [5, 5.41) is 0. The van der Waals surface area contributed by atoms with Gasteiger partial charge in [-0.2, -0.15) is 0 Å². The molecule has 3 heteroatoms. The Bertz CT molecular complexity index is 878. The highest BCUT2D eigenvalue weighted by Gasteiger charge is 2.71. The SMILES string of the molecule is C=C(C)C1CCC2(C)C3C(CC4C(C5(C)CCC(C)(C(C)C)O5)CCC42C)OC(=O)CCC13C. The molecule has 5 aliphatic rings. The lowest BCUT2D eigenvalue weighted by Crippen LogP contribution is -2.64. The van der Waals surface area contributed by atoms with Crippen molar-refractivity contribution in [3.8, 4) is 0 Å². The van der Waals surface area contributed by atoms with Crippen molar-refractivity contribution in [3.63, 3.8) is 0 Å². The Morgan fingerprint density at radius 1 is 0.941 bits per heavy atom. The Kier molecular flexibility index (Phi) is 5.55. The highest BCUT2D eigenvalue weighted by molar-refractivity contribution is 5.70. The largest absolute Gasteiger partial charge is 0.462 e. The minimum absolute atomic E-state index is 0.0253. The minimum Gasteiger partial charge on any atom is -0.462 e. The summed E-state index contributed by atoms with van der Waals surface area (Å²) in [6.45, 7) is 23.7. The molecule has 10 unspecified atom stereocenters. The van der Waals surface area contributed by atoms with Crippen molar-refractivity contribution in [2.24, 2.45) is 45.8 Å². The summed E-state index contributed by atoms with van der Waals surface area (Å²) in [5.74, 6) is 2.55. The molecule has 10 atom stereocenters. The van der Waals surface area contributed by atoms with Gasteiger partial charge in [0.05, 0.1) is 11.2 Å². The summed E-state index contributed by atoms with van der Waals surface area (Å²) in [4.78, 5) is 12.9. The lowest BCUT2D eigenvalue weighted by atomic mass is 9.37. The number of hydrogen-bond acceptors (Lipinski definition) is 3. The predicted octanol–water partition coefficient (Wildman–Crippen LogP) is 7.73. The molecule has 2 saturated heterocycles. The third-order valence-electron chi connectivity index (χ3n) is 12.9. The van der Waals surface area contributed by atoms with Gasteiger partial charge in [0.1, 0.15) is 6.10 Å². The third-order valence-corrected chi connectivity index (χ3v) is 12.9. The van der Waals surface area contributed by atoms with Gasteiger partial charge in [-0.15, -0.1) is 0 Å². The van der Waals surface area contributed by atoms with Gasteiger partial charge in [-0.3, -0.25) is 4.79 Å².